The normalized spacial score (nSPS) is 15.2. The van der Waals surface area contributed by atoms with Gasteiger partial charge in [-0.3, -0.25) is 0 Å². The van der Waals surface area contributed by atoms with Crippen LogP contribution in [0, 0.1) is 0 Å². The molecule has 0 N–H and O–H groups in total. The number of rotatable bonds is 6. The van der Waals surface area contributed by atoms with Gasteiger partial charge in [-0.05, 0) is 92.2 Å². The molecule has 0 spiro atoms. The van der Waals surface area contributed by atoms with Crippen LogP contribution in [0.2, 0.25) is 0 Å². The van der Waals surface area contributed by atoms with Crippen LogP contribution >= 0.6 is 15.9 Å². The SMILES string of the molecule is COc1ccc(C2=[N+]3C(=Nc4c(-c5ccccc5)cc(-c5ccc(OC)cc5)n4[B-]3(F)F)C(c3ccccc3)=C2Br)cc1. The lowest BCUT2D eigenvalue weighted by molar-refractivity contribution is -0.291. The fraction of sp³-hybridized carbons (Fsp3) is 0.0588. The Morgan fingerprint density at radius 1 is 0.698 bits per heavy atom. The number of hydrogen-bond donors (Lipinski definition) is 0. The summed E-state index contributed by atoms with van der Waals surface area (Å²) in [6.07, 6.45) is 0. The van der Waals surface area contributed by atoms with E-state index in [-0.39, 0.29) is 11.7 Å². The molecule has 3 heterocycles. The van der Waals surface area contributed by atoms with E-state index in [4.69, 9.17) is 14.5 Å². The first-order valence-corrected chi connectivity index (χ1v) is 14.5. The Balaban J connectivity index is 1.56. The van der Waals surface area contributed by atoms with Crippen LogP contribution in [-0.2, 0) is 0 Å². The number of amidine groups is 1. The van der Waals surface area contributed by atoms with E-state index in [0.717, 1.165) is 20.1 Å². The van der Waals surface area contributed by atoms with Crippen LogP contribution in [0.3, 0.4) is 0 Å². The van der Waals surface area contributed by atoms with Crippen molar-refractivity contribution in [2.45, 2.75) is 0 Å². The number of methoxy groups -OCH3 is 2. The summed E-state index contributed by atoms with van der Waals surface area (Å²) in [6.45, 7) is -4.44. The summed E-state index contributed by atoms with van der Waals surface area (Å²) in [6, 6.07) is 35.1. The van der Waals surface area contributed by atoms with Crippen LogP contribution in [0.15, 0.2) is 125 Å². The highest BCUT2D eigenvalue weighted by atomic mass is 79.9. The van der Waals surface area contributed by atoms with E-state index in [1.54, 1.807) is 62.8 Å². The van der Waals surface area contributed by atoms with Crippen molar-refractivity contribution in [1.82, 2.24) is 4.48 Å². The van der Waals surface area contributed by atoms with E-state index in [2.05, 4.69) is 15.9 Å². The molecule has 0 aliphatic carbocycles. The van der Waals surface area contributed by atoms with Crippen LogP contribution < -0.4 is 9.47 Å². The van der Waals surface area contributed by atoms with Crippen LogP contribution in [0.5, 0.6) is 11.5 Å². The molecule has 1 aromatic heterocycles. The number of aliphatic imine (C=N–C) groups is 1. The smallest absolute Gasteiger partial charge is 0.497 e. The third kappa shape index (κ3) is 4.34. The summed E-state index contributed by atoms with van der Waals surface area (Å²) in [4.78, 5) is 5.06. The van der Waals surface area contributed by atoms with Gasteiger partial charge in [0.15, 0.2) is 0 Å². The van der Waals surface area contributed by atoms with Crippen molar-refractivity contribution in [3.63, 3.8) is 0 Å². The van der Waals surface area contributed by atoms with Crippen LogP contribution in [0.4, 0.5) is 14.4 Å². The number of benzene rings is 4. The van der Waals surface area contributed by atoms with Gasteiger partial charge in [0.1, 0.15) is 17.2 Å². The minimum Gasteiger partial charge on any atom is -0.497 e. The zero-order valence-corrected chi connectivity index (χ0v) is 24.9. The number of fused-ring (bicyclic) bond motifs is 2. The molecule has 0 saturated carbocycles. The molecule has 0 amide bonds. The van der Waals surface area contributed by atoms with Crippen molar-refractivity contribution in [3.05, 3.63) is 131 Å². The van der Waals surface area contributed by atoms with Gasteiger partial charge in [-0.2, -0.15) is 0 Å². The van der Waals surface area contributed by atoms with E-state index in [1.165, 1.54) is 0 Å². The molecule has 0 radical (unpaired) electrons. The summed E-state index contributed by atoms with van der Waals surface area (Å²) in [5.41, 5.74) is 4.76. The summed E-state index contributed by atoms with van der Waals surface area (Å²) in [5.74, 6) is 1.68. The van der Waals surface area contributed by atoms with E-state index in [1.807, 2.05) is 66.7 Å². The number of halogens is 3. The van der Waals surface area contributed by atoms with Gasteiger partial charge in [0.25, 0.3) is 5.84 Å². The standard InChI is InChI=1S/C34H25BBrF2N3O2/c1-42-26-17-13-23(14-18-26)29-21-28(22-9-5-3-6-10-22)33-39-34-30(24-11-7-4-8-12-24)31(36)32(41(34)35(37,38)40(29)33)25-15-19-27(43-2)20-16-25/h3-21H,1-2H3. The van der Waals surface area contributed by atoms with Gasteiger partial charge < -0.3 is 27.1 Å². The lowest BCUT2D eigenvalue weighted by Crippen LogP contribution is -2.53. The molecular weight excluding hydrogens is 611 g/mol. The number of allylic oxidation sites excluding steroid dienone is 1. The van der Waals surface area contributed by atoms with Gasteiger partial charge >= 0.3 is 6.97 Å². The van der Waals surface area contributed by atoms with Gasteiger partial charge in [0, 0.05) is 16.8 Å². The van der Waals surface area contributed by atoms with Gasteiger partial charge in [0.2, 0.25) is 5.82 Å². The second-order valence-electron chi connectivity index (χ2n) is 10.3. The zero-order valence-electron chi connectivity index (χ0n) is 23.3. The molecule has 2 aliphatic heterocycles. The molecule has 5 nitrogen and oxygen atoms in total. The molecule has 0 unspecified atom stereocenters. The summed E-state index contributed by atoms with van der Waals surface area (Å²) < 4.78 is 48.4. The van der Waals surface area contributed by atoms with Crippen molar-refractivity contribution < 1.29 is 22.6 Å². The Morgan fingerprint density at radius 3 is 1.79 bits per heavy atom. The predicted octanol–water partition coefficient (Wildman–Crippen LogP) is 8.43. The summed E-state index contributed by atoms with van der Waals surface area (Å²) >= 11 is 3.74. The molecule has 43 heavy (non-hydrogen) atoms. The molecule has 0 bridgehead atoms. The quantitative estimate of drug-likeness (QED) is 0.176. The Morgan fingerprint density at radius 2 is 1.23 bits per heavy atom. The maximum Gasteiger partial charge on any atom is 0.642 e. The lowest BCUT2D eigenvalue weighted by Gasteiger charge is -2.32. The first-order valence-electron chi connectivity index (χ1n) is 13.7. The Kier molecular flexibility index (Phi) is 6.62. The first-order chi connectivity index (χ1) is 20.9. The second kappa shape index (κ2) is 10.5. The van der Waals surface area contributed by atoms with Crippen molar-refractivity contribution in [2.24, 2.45) is 4.99 Å². The van der Waals surface area contributed by atoms with Gasteiger partial charge in [-0.25, -0.2) is 0 Å². The largest absolute Gasteiger partial charge is 0.642 e. The zero-order chi connectivity index (χ0) is 29.7. The topological polar surface area (TPSA) is 38.8 Å². The van der Waals surface area contributed by atoms with E-state index in [9.17, 15) is 0 Å². The van der Waals surface area contributed by atoms with Gasteiger partial charge in [-0.1, -0.05) is 60.7 Å². The molecule has 0 fully saturated rings. The van der Waals surface area contributed by atoms with E-state index in [0.29, 0.717) is 49.7 Å². The Hall–Kier alpha value is -4.76. The monoisotopic (exact) mass is 635 g/mol. The van der Waals surface area contributed by atoms with Crippen LogP contribution in [0.1, 0.15) is 11.1 Å². The molecule has 5 aromatic rings. The van der Waals surface area contributed by atoms with E-state index >= 15 is 8.63 Å². The number of ether oxygens (including phenoxy) is 2. The summed E-state index contributed by atoms with van der Waals surface area (Å²) in [5, 5.41) is 0. The molecule has 7 rings (SSSR count). The van der Waals surface area contributed by atoms with Crippen molar-refractivity contribution >= 4 is 45.8 Å². The number of hydrogen-bond acceptors (Lipinski definition) is 3. The van der Waals surface area contributed by atoms with Gasteiger partial charge in [-0.15, -0.1) is 0 Å². The summed E-state index contributed by atoms with van der Waals surface area (Å²) in [7, 11) is 3.15. The average molecular weight is 636 g/mol. The van der Waals surface area contributed by atoms with Crippen molar-refractivity contribution in [1.29, 1.82) is 0 Å². The second-order valence-corrected chi connectivity index (χ2v) is 11.1. The van der Waals surface area contributed by atoms with Gasteiger partial charge in [0.05, 0.1) is 24.3 Å². The highest BCUT2D eigenvalue weighted by Gasteiger charge is 2.55. The minimum absolute atomic E-state index is 0.193. The molecular formula is C34H25BBrF2N3O2. The maximum absolute atomic E-state index is 17.5. The van der Waals surface area contributed by atoms with Crippen LogP contribution in [-0.4, -0.2) is 41.7 Å². The van der Waals surface area contributed by atoms with E-state index < -0.39 is 6.97 Å². The average Bonchev–Trinajstić information content (AvgIpc) is 3.58. The molecule has 2 aliphatic rings. The first kappa shape index (κ1) is 27.1. The Bertz CT molecular complexity index is 1950. The Labute approximate surface area is 256 Å². The lowest BCUT2D eigenvalue weighted by atomic mass is 9.90. The number of nitrogens with zero attached hydrogens (tertiary/aromatic N) is 3. The highest BCUT2D eigenvalue weighted by molar-refractivity contribution is 9.12. The molecule has 4 aromatic carbocycles. The third-order valence-electron chi connectivity index (χ3n) is 7.86. The maximum atomic E-state index is 17.5. The number of aromatic nitrogens is 1. The molecule has 212 valence electrons. The van der Waals surface area contributed by atoms with Crippen molar-refractivity contribution in [2.75, 3.05) is 14.2 Å². The minimum atomic E-state index is -4.44. The van der Waals surface area contributed by atoms with Crippen molar-refractivity contribution in [3.8, 4) is 33.9 Å². The molecule has 0 saturated heterocycles. The fourth-order valence-corrected chi connectivity index (χ4v) is 6.64. The third-order valence-corrected chi connectivity index (χ3v) is 8.63. The fourth-order valence-electron chi connectivity index (χ4n) is 5.81. The molecule has 9 heteroatoms. The predicted molar refractivity (Wildman–Crippen MR) is 172 cm³/mol. The highest BCUT2D eigenvalue weighted by Crippen LogP contribution is 2.47. The molecule has 0 atom stereocenters. The van der Waals surface area contributed by atoms with Crippen LogP contribution in [0.25, 0.3) is 28.0 Å².